The molecule has 92 valence electrons. The third-order valence-corrected chi connectivity index (χ3v) is 2.55. The fourth-order valence-corrected chi connectivity index (χ4v) is 1.69. The number of ether oxygens (including phenoxy) is 1. The van der Waals surface area contributed by atoms with Gasteiger partial charge in [0.05, 0.1) is 18.2 Å². The van der Waals surface area contributed by atoms with Gasteiger partial charge in [-0.3, -0.25) is 5.10 Å². The molecule has 0 aliphatic carbocycles. The van der Waals surface area contributed by atoms with Crippen molar-refractivity contribution in [1.82, 2.24) is 20.2 Å². The maximum Gasteiger partial charge on any atom is 0.224 e. The zero-order valence-corrected chi connectivity index (χ0v) is 9.97. The molecule has 0 aliphatic rings. The summed E-state index contributed by atoms with van der Waals surface area (Å²) >= 11 is 0. The molecular weight excluding hydrogens is 220 g/mol. The summed E-state index contributed by atoms with van der Waals surface area (Å²) in [6.07, 6.45) is 1.71. The molecule has 0 bridgehead atoms. The molecule has 0 aromatic carbocycles. The highest BCUT2D eigenvalue weighted by atomic mass is 16.5. The van der Waals surface area contributed by atoms with Crippen LogP contribution in [0.25, 0.3) is 11.0 Å². The van der Waals surface area contributed by atoms with E-state index < -0.39 is 0 Å². The normalized spacial score (nSPS) is 10.9. The van der Waals surface area contributed by atoms with Gasteiger partial charge in [0.15, 0.2) is 5.65 Å². The molecule has 0 amide bonds. The molecule has 0 saturated carbocycles. The van der Waals surface area contributed by atoms with Crippen molar-refractivity contribution in [3.8, 4) is 0 Å². The number of aromatic amines is 1. The summed E-state index contributed by atoms with van der Waals surface area (Å²) in [5, 5.41) is 7.63. The van der Waals surface area contributed by atoms with Gasteiger partial charge in [-0.25, -0.2) is 0 Å². The summed E-state index contributed by atoms with van der Waals surface area (Å²) in [5.74, 6) is 1.04. The molecule has 0 saturated heterocycles. The standard InChI is InChI=1S/C10H16N6O/c1-3-16(4-5-17-2)9-7-6-12-15-8(7)13-10(11)14-9/h6H,3-5H2,1-2H3,(H3,11,12,13,14,15). The maximum absolute atomic E-state index is 5.68. The van der Waals surface area contributed by atoms with Crippen LogP contribution < -0.4 is 10.6 Å². The second-order valence-corrected chi connectivity index (χ2v) is 3.61. The monoisotopic (exact) mass is 236 g/mol. The molecule has 0 spiro atoms. The zero-order chi connectivity index (χ0) is 12.3. The number of fused-ring (bicyclic) bond motifs is 1. The molecule has 0 radical (unpaired) electrons. The number of H-pyrrole nitrogens is 1. The SMILES string of the molecule is CCN(CCOC)c1nc(N)nc2[nH]ncc12. The molecule has 2 aromatic rings. The summed E-state index contributed by atoms with van der Waals surface area (Å²) in [7, 11) is 1.68. The van der Waals surface area contributed by atoms with E-state index >= 15 is 0 Å². The first kappa shape index (κ1) is 11.6. The molecule has 2 aromatic heterocycles. The van der Waals surface area contributed by atoms with Gasteiger partial charge in [-0.15, -0.1) is 0 Å². The lowest BCUT2D eigenvalue weighted by Gasteiger charge is -2.21. The molecule has 0 atom stereocenters. The van der Waals surface area contributed by atoms with Crippen molar-refractivity contribution < 1.29 is 4.74 Å². The van der Waals surface area contributed by atoms with Crippen LogP contribution in [0.1, 0.15) is 6.92 Å². The number of nitrogens with two attached hydrogens (primary N) is 1. The van der Waals surface area contributed by atoms with Crippen LogP contribution in [0.15, 0.2) is 6.20 Å². The number of nitrogens with one attached hydrogen (secondary N) is 1. The van der Waals surface area contributed by atoms with Gasteiger partial charge in [0, 0.05) is 20.2 Å². The molecule has 0 aliphatic heterocycles. The molecule has 17 heavy (non-hydrogen) atoms. The Morgan fingerprint density at radius 1 is 1.47 bits per heavy atom. The van der Waals surface area contributed by atoms with Gasteiger partial charge in [0.1, 0.15) is 5.82 Å². The van der Waals surface area contributed by atoms with Crippen molar-refractivity contribution >= 4 is 22.8 Å². The Balaban J connectivity index is 2.40. The first-order valence-corrected chi connectivity index (χ1v) is 5.46. The van der Waals surface area contributed by atoms with Crippen molar-refractivity contribution in [2.45, 2.75) is 6.92 Å². The predicted molar refractivity (Wildman–Crippen MR) is 65.9 cm³/mol. The highest BCUT2D eigenvalue weighted by molar-refractivity contribution is 5.87. The Kier molecular flexibility index (Phi) is 3.38. The average Bonchev–Trinajstić information content (AvgIpc) is 2.77. The van der Waals surface area contributed by atoms with Crippen molar-refractivity contribution in [2.24, 2.45) is 0 Å². The third kappa shape index (κ3) is 2.28. The highest BCUT2D eigenvalue weighted by Gasteiger charge is 2.13. The number of likely N-dealkylation sites (N-methyl/N-ethyl adjacent to an activating group) is 1. The Morgan fingerprint density at radius 2 is 2.29 bits per heavy atom. The maximum atomic E-state index is 5.68. The summed E-state index contributed by atoms with van der Waals surface area (Å²) in [6, 6.07) is 0. The van der Waals surface area contributed by atoms with E-state index in [-0.39, 0.29) is 5.95 Å². The quantitative estimate of drug-likeness (QED) is 0.781. The summed E-state index contributed by atoms with van der Waals surface area (Å²) in [6.45, 7) is 4.26. The lowest BCUT2D eigenvalue weighted by Crippen LogP contribution is -2.28. The van der Waals surface area contributed by atoms with Gasteiger partial charge >= 0.3 is 0 Å². The number of hydrogen-bond donors (Lipinski definition) is 2. The minimum atomic E-state index is 0.243. The van der Waals surface area contributed by atoms with Crippen molar-refractivity contribution in [3.05, 3.63) is 6.20 Å². The van der Waals surface area contributed by atoms with Crippen LogP contribution in [0.4, 0.5) is 11.8 Å². The number of rotatable bonds is 5. The number of nitrogens with zero attached hydrogens (tertiary/aromatic N) is 4. The van der Waals surface area contributed by atoms with Crippen LogP contribution in [0.2, 0.25) is 0 Å². The first-order valence-electron chi connectivity index (χ1n) is 5.46. The van der Waals surface area contributed by atoms with Gasteiger partial charge < -0.3 is 15.4 Å². The number of nitrogen functional groups attached to an aromatic ring is 1. The van der Waals surface area contributed by atoms with Crippen molar-refractivity contribution in [3.63, 3.8) is 0 Å². The van der Waals surface area contributed by atoms with E-state index in [2.05, 4.69) is 32.0 Å². The highest BCUT2D eigenvalue weighted by Crippen LogP contribution is 2.22. The van der Waals surface area contributed by atoms with Crippen LogP contribution in [-0.4, -0.2) is 47.0 Å². The van der Waals surface area contributed by atoms with E-state index in [1.165, 1.54) is 0 Å². The van der Waals surface area contributed by atoms with E-state index in [9.17, 15) is 0 Å². The minimum Gasteiger partial charge on any atom is -0.383 e. The first-order chi connectivity index (χ1) is 8.26. The molecular formula is C10H16N6O. The van der Waals surface area contributed by atoms with Crippen molar-refractivity contribution in [1.29, 1.82) is 0 Å². The molecule has 0 fully saturated rings. The van der Waals surface area contributed by atoms with Gasteiger partial charge in [0.2, 0.25) is 5.95 Å². The molecule has 3 N–H and O–H groups in total. The van der Waals surface area contributed by atoms with Crippen molar-refractivity contribution in [2.75, 3.05) is 37.4 Å². The molecule has 7 nitrogen and oxygen atoms in total. The fraction of sp³-hybridized carbons (Fsp3) is 0.500. The topological polar surface area (TPSA) is 93.0 Å². The zero-order valence-electron chi connectivity index (χ0n) is 9.97. The second kappa shape index (κ2) is 4.96. The molecule has 2 heterocycles. The third-order valence-electron chi connectivity index (χ3n) is 2.55. The number of anilines is 2. The molecule has 7 heteroatoms. The summed E-state index contributed by atoms with van der Waals surface area (Å²) in [4.78, 5) is 10.4. The lowest BCUT2D eigenvalue weighted by molar-refractivity contribution is 0.205. The van der Waals surface area contributed by atoms with Gasteiger partial charge in [-0.1, -0.05) is 0 Å². The van der Waals surface area contributed by atoms with Gasteiger partial charge in [0.25, 0.3) is 0 Å². The number of aromatic nitrogens is 4. The van der Waals surface area contributed by atoms with Crippen LogP contribution in [0.3, 0.4) is 0 Å². The van der Waals surface area contributed by atoms with E-state index in [1.54, 1.807) is 13.3 Å². The summed E-state index contributed by atoms with van der Waals surface area (Å²) in [5.41, 5.74) is 6.33. The Hall–Kier alpha value is -1.89. The van der Waals surface area contributed by atoms with E-state index in [0.717, 1.165) is 24.3 Å². The van der Waals surface area contributed by atoms with Gasteiger partial charge in [-0.05, 0) is 6.92 Å². The Bertz CT molecular complexity index is 497. The lowest BCUT2D eigenvalue weighted by atomic mass is 10.3. The smallest absolute Gasteiger partial charge is 0.224 e. The number of hydrogen-bond acceptors (Lipinski definition) is 6. The van der Waals surface area contributed by atoms with E-state index in [1.807, 2.05) is 0 Å². The number of methoxy groups -OCH3 is 1. The second-order valence-electron chi connectivity index (χ2n) is 3.61. The van der Waals surface area contributed by atoms with Crippen LogP contribution in [0, 0.1) is 0 Å². The largest absolute Gasteiger partial charge is 0.383 e. The molecule has 2 rings (SSSR count). The predicted octanol–water partition coefficient (Wildman–Crippen LogP) is 0.408. The minimum absolute atomic E-state index is 0.243. The fourth-order valence-electron chi connectivity index (χ4n) is 1.69. The van der Waals surface area contributed by atoms with Gasteiger partial charge in [-0.2, -0.15) is 15.1 Å². The summed E-state index contributed by atoms with van der Waals surface area (Å²) < 4.78 is 5.08. The Morgan fingerprint density at radius 3 is 3.00 bits per heavy atom. The average molecular weight is 236 g/mol. The Labute approximate surface area is 99.0 Å². The van der Waals surface area contributed by atoms with Crippen LogP contribution >= 0.6 is 0 Å². The molecule has 0 unspecified atom stereocenters. The van der Waals surface area contributed by atoms with E-state index in [0.29, 0.717) is 12.3 Å². The van der Waals surface area contributed by atoms with E-state index in [4.69, 9.17) is 10.5 Å². The van der Waals surface area contributed by atoms with Crippen LogP contribution in [0.5, 0.6) is 0 Å². The van der Waals surface area contributed by atoms with Crippen LogP contribution in [-0.2, 0) is 4.74 Å².